The lowest BCUT2D eigenvalue weighted by atomic mass is 9.98. The Kier molecular flexibility index (Phi) is 11.0. The van der Waals surface area contributed by atoms with Crippen LogP contribution in [0.2, 0.25) is 0 Å². The van der Waals surface area contributed by atoms with E-state index in [1.165, 1.54) is 40.6 Å². The Morgan fingerprint density at radius 2 is 1.27 bits per heavy atom. The minimum atomic E-state index is -1.87. The molecule has 18 heteroatoms. The average molecular weight is 699 g/mol. The quantitative estimate of drug-likeness (QED) is 0.110. The van der Waals surface area contributed by atoms with Crippen molar-refractivity contribution in [2.45, 2.75) is 61.4 Å². The van der Waals surface area contributed by atoms with Gasteiger partial charge in [0.2, 0.25) is 17.5 Å². The summed E-state index contributed by atoms with van der Waals surface area (Å²) in [4.78, 5) is 13.8. The maximum absolute atomic E-state index is 13.8. The molecule has 49 heavy (non-hydrogen) atoms. The molecule has 2 saturated heterocycles. The number of phenols is 1. The standard InChI is InChI=1S/C31H38O18/c1-41-14-7-16(43-3)15(42-2)5-11(14)12-9-45-29-20(21(12)34)13(33)6-17(28(29)44-4)47-31-27(40)25(38)23(36)19(49-31)10-46-30-26(39)24(37)22(35)18(8-32)48-30/h5-7,9,18-19,22-27,30-33,35-40H,8,10H2,1-4H3/t18?,19?,22-,23-,24+,25+,26?,27?,30-,31-/m1/s1. The fraction of sp³-hybridized carbons (Fsp3) is 0.516. The number of aromatic hydroxyl groups is 1. The predicted octanol–water partition coefficient (Wildman–Crippen LogP) is -1.80. The van der Waals surface area contributed by atoms with E-state index in [4.69, 9.17) is 42.3 Å². The first-order valence-electron chi connectivity index (χ1n) is 14.8. The van der Waals surface area contributed by atoms with Crippen LogP contribution in [0.4, 0.5) is 0 Å². The number of aliphatic hydroxyl groups excluding tert-OH is 7. The summed E-state index contributed by atoms with van der Waals surface area (Å²) in [5.74, 6) is -0.251. The molecule has 2 fully saturated rings. The molecule has 270 valence electrons. The fourth-order valence-corrected chi connectivity index (χ4v) is 5.62. The minimum Gasteiger partial charge on any atom is -0.507 e. The van der Waals surface area contributed by atoms with E-state index in [-0.39, 0.29) is 39.3 Å². The highest BCUT2D eigenvalue weighted by Gasteiger charge is 2.48. The van der Waals surface area contributed by atoms with E-state index in [0.29, 0.717) is 11.5 Å². The van der Waals surface area contributed by atoms with Crippen molar-refractivity contribution in [3.8, 4) is 45.6 Å². The highest BCUT2D eigenvalue weighted by molar-refractivity contribution is 5.93. The largest absolute Gasteiger partial charge is 0.507 e. The van der Waals surface area contributed by atoms with Crippen LogP contribution in [0.1, 0.15) is 0 Å². The fourth-order valence-electron chi connectivity index (χ4n) is 5.62. The summed E-state index contributed by atoms with van der Waals surface area (Å²) in [5, 5.41) is 82.3. The van der Waals surface area contributed by atoms with Gasteiger partial charge in [0.1, 0.15) is 72.0 Å². The monoisotopic (exact) mass is 698 g/mol. The normalized spacial score (nSPS) is 30.2. The zero-order chi connectivity index (χ0) is 35.7. The second-order valence-corrected chi connectivity index (χ2v) is 11.2. The van der Waals surface area contributed by atoms with Gasteiger partial charge in [0.25, 0.3) is 0 Å². The van der Waals surface area contributed by atoms with Crippen LogP contribution in [-0.4, -0.2) is 144 Å². The van der Waals surface area contributed by atoms with Gasteiger partial charge in [-0.15, -0.1) is 0 Å². The lowest BCUT2D eigenvalue weighted by Crippen LogP contribution is -2.62. The van der Waals surface area contributed by atoms with E-state index in [2.05, 4.69) is 0 Å². The van der Waals surface area contributed by atoms with Gasteiger partial charge in [0.15, 0.2) is 29.1 Å². The van der Waals surface area contributed by atoms with Crippen LogP contribution in [0.15, 0.2) is 33.7 Å². The molecule has 2 aromatic carbocycles. The van der Waals surface area contributed by atoms with Gasteiger partial charge in [-0.2, -0.15) is 0 Å². The Balaban J connectivity index is 1.43. The summed E-state index contributed by atoms with van der Waals surface area (Å²) < 4.78 is 49.5. The number of fused-ring (bicyclic) bond motifs is 1. The summed E-state index contributed by atoms with van der Waals surface area (Å²) in [5.41, 5.74) is -0.689. The summed E-state index contributed by atoms with van der Waals surface area (Å²) in [6.07, 6.45) is -15.5. The number of hydrogen-bond donors (Lipinski definition) is 8. The van der Waals surface area contributed by atoms with E-state index in [1.807, 2.05) is 0 Å². The number of ether oxygens (including phenoxy) is 8. The molecular weight excluding hydrogens is 660 g/mol. The van der Waals surface area contributed by atoms with E-state index in [0.717, 1.165) is 12.3 Å². The van der Waals surface area contributed by atoms with Gasteiger partial charge in [-0.05, 0) is 6.07 Å². The molecular formula is C31H38O18. The molecule has 0 saturated carbocycles. The highest BCUT2D eigenvalue weighted by atomic mass is 16.7. The van der Waals surface area contributed by atoms with Crippen molar-refractivity contribution >= 4 is 11.0 Å². The van der Waals surface area contributed by atoms with Crippen molar-refractivity contribution in [2.75, 3.05) is 41.7 Å². The van der Waals surface area contributed by atoms with Gasteiger partial charge in [0.05, 0.1) is 47.2 Å². The molecule has 4 unspecified atom stereocenters. The second kappa shape index (κ2) is 14.9. The van der Waals surface area contributed by atoms with Gasteiger partial charge < -0.3 is 83.2 Å². The summed E-state index contributed by atoms with van der Waals surface area (Å²) in [6, 6.07) is 4.01. The molecule has 1 aromatic heterocycles. The van der Waals surface area contributed by atoms with E-state index in [9.17, 15) is 45.6 Å². The van der Waals surface area contributed by atoms with Crippen LogP contribution in [0.5, 0.6) is 34.5 Å². The molecule has 0 amide bonds. The predicted molar refractivity (Wildman–Crippen MR) is 163 cm³/mol. The number of hydrogen-bond acceptors (Lipinski definition) is 18. The van der Waals surface area contributed by atoms with E-state index in [1.54, 1.807) is 0 Å². The Hall–Kier alpha value is -3.95. The van der Waals surface area contributed by atoms with Crippen molar-refractivity contribution < 1.29 is 83.2 Å². The number of phenolic OH excluding ortho intramolecular Hbond substituents is 1. The molecule has 3 aromatic rings. The third kappa shape index (κ3) is 6.67. The van der Waals surface area contributed by atoms with Crippen molar-refractivity contribution in [3.05, 3.63) is 34.7 Å². The molecule has 10 atom stereocenters. The molecule has 18 nitrogen and oxygen atoms in total. The van der Waals surface area contributed by atoms with Gasteiger partial charge in [-0.3, -0.25) is 4.79 Å². The Morgan fingerprint density at radius 3 is 1.88 bits per heavy atom. The molecule has 2 aliphatic heterocycles. The smallest absolute Gasteiger partial charge is 0.229 e. The minimum absolute atomic E-state index is 0.0123. The molecule has 8 N–H and O–H groups in total. The summed E-state index contributed by atoms with van der Waals surface area (Å²) >= 11 is 0. The Bertz CT molecular complexity index is 1670. The Morgan fingerprint density at radius 1 is 0.673 bits per heavy atom. The number of benzene rings is 2. The maximum atomic E-state index is 13.8. The van der Waals surface area contributed by atoms with Crippen molar-refractivity contribution in [1.82, 2.24) is 0 Å². The highest BCUT2D eigenvalue weighted by Crippen LogP contribution is 2.44. The SMILES string of the molecule is COc1cc(OC)c(-c2coc3c(OC)c(O[C@@H]4OC(CO[C@@H]5OC(CO)[C@@H](O)[C@H](O)C5O)[C@@H](O)[C@H](O)C4O)cc(O)c3c2=O)cc1OC. The van der Waals surface area contributed by atoms with Crippen LogP contribution < -0.4 is 29.1 Å². The van der Waals surface area contributed by atoms with Crippen LogP contribution >= 0.6 is 0 Å². The van der Waals surface area contributed by atoms with Gasteiger partial charge >= 0.3 is 0 Å². The first-order chi connectivity index (χ1) is 23.4. The van der Waals surface area contributed by atoms with Crippen molar-refractivity contribution in [1.29, 1.82) is 0 Å². The lowest BCUT2D eigenvalue weighted by molar-refractivity contribution is -0.323. The number of aliphatic hydroxyl groups is 7. The first kappa shape index (κ1) is 36.3. The third-order valence-electron chi connectivity index (χ3n) is 8.33. The average Bonchev–Trinajstić information content (AvgIpc) is 3.10. The first-order valence-corrected chi connectivity index (χ1v) is 14.8. The molecule has 0 bridgehead atoms. The Labute approximate surface area is 277 Å². The summed E-state index contributed by atoms with van der Waals surface area (Å²) in [7, 11) is 5.46. The molecule has 3 heterocycles. The zero-order valence-corrected chi connectivity index (χ0v) is 26.7. The van der Waals surface area contributed by atoms with Crippen LogP contribution in [-0.2, 0) is 14.2 Å². The van der Waals surface area contributed by atoms with Crippen LogP contribution in [0.25, 0.3) is 22.1 Å². The number of methoxy groups -OCH3 is 4. The molecule has 5 rings (SSSR count). The summed E-state index contributed by atoms with van der Waals surface area (Å²) in [6.45, 7) is -1.31. The van der Waals surface area contributed by atoms with Crippen molar-refractivity contribution in [2.24, 2.45) is 0 Å². The molecule has 0 radical (unpaired) electrons. The molecule has 2 aliphatic rings. The van der Waals surface area contributed by atoms with Crippen LogP contribution in [0, 0.1) is 0 Å². The second-order valence-electron chi connectivity index (χ2n) is 11.2. The van der Waals surface area contributed by atoms with Gasteiger partial charge in [0, 0.05) is 17.7 Å². The van der Waals surface area contributed by atoms with E-state index < -0.39 is 85.8 Å². The van der Waals surface area contributed by atoms with E-state index >= 15 is 0 Å². The van der Waals surface area contributed by atoms with Gasteiger partial charge in [-0.25, -0.2) is 0 Å². The van der Waals surface area contributed by atoms with Gasteiger partial charge in [-0.1, -0.05) is 0 Å². The molecule has 0 aliphatic carbocycles. The maximum Gasteiger partial charge on any atom is 0.229 e. The zero-order valence-electron chi connectivity index (χ0n) is 26.7. The molecule has 0 spiro atoms. The van der Waals surface area contributed by atoms with Crippen molar-refractivity contribution in [3.63, 3.8) is 0 Å². The van der Waals surface area contributed by atoms with Crippen LogP contribution in [0.3, 0.4) is 0 Å². The lowest BCUT2D eigenvalue weighted by Gasteiger charge is -2.42. The topological polar surface area (TPSA) is 266 Å². The number of rotatable bonds is 11. The third-order valence-corrected chi connectivity index (χ3v) is 8.33.